The van der Waals surface area contributed by atoms with Crippen LogP contribution in [0, 0.1) is 0 Å². The van der Waals surface area contributed by atoms with Crippen LogP contribution in [0.1, 0.15) is 341 Å². The van der Waals surface area contributed by atoms with Gasteiger partial charge in [-0.05, 0) is 44.9 Å². The molecule has 0 rings (SSSR count). The highest BCUT2D eigenvalue weighted by atomic mass is 31.2. The molecule has 2 atom stereocenters. The molecule has 0 aliphatic heterocycles. The normalized spacial score (nSPS) is 13.1. The number of ether oxygens (including phenoxy) is 2. The predicted octanol–water partition coefficient (Wildman–Crippen LogP) is 20.6. The standard InChI is InChI=1S/C64H124NO8P/c1-3-5-7-9-11-13-15-17-19-21-23-25-27-28-29-30-31-32-33-35-36-38-40-42-44-46-48-50-52-54-56-63(66)70-60-62(61-72-74(68,69)71-59-58-65)73-64(67)57-55-53-51-49-47-45-43-41-39-37-34-26-24-22-20-18-16-14-12-10-8-6-4-2/h16,18,22,24,62H,3-15,17,19-21,23,25-61,65H2,1-2H3,(H,68,69)/b18-16-,24-22-. The molecule has 9 nitrogen and oxygen atoms in total. The fourth-order valence-electron chi connectivity index (χ4n) is 9.79. The number of nitrogens with two attached hydrogens (primary N) is 1. The summed E-state index contributed by atoms with van der Waals surface area (Å²) >= 11 is 0. The van der Waals surface area contributed by atoms with Crippen molar-refractivity contribution in [1.29, 1.82) is 0 Å². The Morgan fingerprint density at radius 1 is 0.405 bits per heavy atom. The van der Waals surface area contributed by atoms with Gasteiger partial charge in [0.1, 0.15) is 6.61 Å². The van der Waals surface area contributed by atoms with E-state index in [1.54, 1.807) is 0 Å². The molecule has 0 fully saturated rings. The molecule has 0 aromatic carbocycles. The van der Waals surface area contributed by atoms with Crippen molar-refractivity contribution in [2.24, 2.45) is 5.73 Å². The molecule has 0 aromatic rings. The molecule has 0 amide bonds. The summed E-state index contributed by atoms with van der Waals surface area (Å²) in [7, 11) is -4.39. The highest BCUT2D eigenvalue weighted by molar-refractivity contribution is 7.47. The minimum Gasteiger partial charge on any atom is -0.462 e. The first-order valence-corrected chi connectivity index (χ1v) is 33.8. The zero-order valence-corrected chi connectivity index (χ0v) is 50.0. The molecule has 438 valence electrons. The van der Waals surface area contributed by atoms with Crippen molar-refractivity contribution in [2.45, 2.75) is 347 Å². The maximum absolute atomic E-state index is 12.7. The van der Waals surface area contributed by atoms with Gasteiger partial charge in [-0.1, -0.05) is 308 Å². The number of carbonyl (C=O) groups excluding carboxylic acids is 2. The summed E-state index contributed by atoms with van der Waals surface area (Å²) in [6.07, 6.45) is 72.6. The molecule has 0 radical (unpaired) electrons. The average Bonchev–Trinajstić information content (AvgIpc) is 3.39. The molecule has 0 aliphatic rings. The highest BCUT2D eigenvalue weighted by Crippen LogP contribution is 2.43. The van der Waals surface area contributed by atoms with Gasteiger partial charge < -0.3 is 20.1 Å². The van der Waals surface area contributed by atoms with Gasteiger partial charge in [-0.15, -0.1) is 0 Å². The van der Waals surface area contributed by atoms with E-state index in [-0.39, 0.29) is 38.6 Å². The van der Waals surface area contributed by atoms with E-state index in [1.165, 1.54) is 263 Å². The minimum atomic E-state index is -4.39. The molecular formula is C64H124NO8P. The summed E-state index contributed by atoms with van der Waals surface area (Å²) in [5, 5.41) is 0. The Labute approximate surface area is 459 Å². The number of unbranched alkanes of at least 4 members (excludes halogenated alkanes) is 45. The Morgan fingerprint density at radius 2 is 0.703 bits per heavy atom. The second kappa shape index (κ2) is 60.7. The molecule has 0 aliphatic carbocycles. The number of carbonyl (C=O) groups is 2. The van der Waals surface area contributed by atoms with Crippen LogP contribution >= 0.6 is 7.82 Å². The third kappa shape index (κ3) is 59.7. The fourth-order valence-corrected chi connectivity index (χ4v) is 10.6. The molecule has 0 saturated heterocycles. The summed E-state index contributed by atoms with van der Waals surface area (Å²) in [4.78, 5) is 35.3. The summed E-state index contributed by atoms with van der Waals surface area (Å²) < 4.78 is 33.1. The third-order valence-electron chi connectivity index (χ3n) is 14.6. The van der Waals surface area contributed by atoms with Crippen LogP contribution in [0.5, 0.6) is 0 Å². The van der Waals surface area contributed by atoms with E-state index in [1.807, 2.05) is 0 Å². The molecule has 74 heavy (non-hydrogen) atoms. The van der Waals surface area contributed by atoms with Gasteiger partial charge in [0.15, 0.2) is 6.10 Å². The lowest BCUT2D eigenvalue weighted by Gasteiger charge is -2.19. The van der Waals surface area contributed by atoms with E-state index < -0.39 is 26.5 Å². The van der Waals surface area contributed by atoms with Gasteiger partial charge in [-0.25, -0.2) is 4.57 Å². The van der Waals surface area contributed by atoms with Crippen molar-refractivity contribution in [3.63, 3.8) is 0 Å². The zero-order chi connectivity index (χ0) is 53.8. The molecule has 0 heterocycles. The maximum Gasteiger partial charge on any atom is 0.472 e. The van der Waals surface area contributed by atoms with Gasteiger partial charge in [0.25, 0.3) is 0 Å². The second-order valence-electron chi connectivity index (χ2n) is 22.0. The Kier molecular flexibility index (Phi) is 59.5. The molecule has 10 heteroatoms. The van der Waals surface area contributed by atoms with E-state index in [4.69, 9.17) is 24.3 Å². The van der Waals surface area contributed by atoms with Gasteiger partial charge in [0.05, 0.1) is 13.2 Å². The van der Waals surface area contributed by atoms with Crippen LogP contribution in [0.3, 0.4) is 0 Å². The summed E-state index contributed by atoms with van der Waals surface area (Å²) in [5.74, 6) is -0.810. The third-order valence-corrected chi connectivity index (χ3v) is 15.6. The number of hydrogen-bond acceptors (Lipinski definition) is 8. The van der Waals surface area contributed by atoms with Crippen LogP contribution < -0.4 is 5.73 Å². The number of esters is 2. The van der Waals surface area contributed by atoms with Crippen LogP contribution in [0.2, 0.25) is 0 Å². The highest BCUT2D eigenvalue weighted by Gasteiger charge is 2.26. The van der Waals surface area contributed by atoms with Crippen LogP contribution in [-0.4, -0.2) is 49.3 Å². The Balaban J connectivity index is 3.85. The van der Waals surface area contributed by atoms with E-state index in [0.717, 1.165) is 44.9 Å². The summed E-state index contributed by atoms with van der Waals surface area (Å²) in [6, 6.07) is 0. The second-order valence-corrected chi connectivity index (χ2v) is 23.4. The zero-order valence-electron chi connectivity index (χ0n) is 49.1. The van der Waals surface area contributed by atoms with Crippen molar-refractivity contribution in [2.75, 3.05) is 26.4 Å². The van der Waals surface area contributed by atoms with Gasteiger partial charge >= 0.3 is 19.8 Å². The molecule has 0 spiro atoms. The van der Waals surface area contributed by atoms with Crippen molar-refractivity contribution >= 4 is 19.8 Å². The van der Waals surface area contributed by atoms with E-state index in [0.29, 0.717) is 6.42 Å². The molecule has 0 aromatic heterocycles. The summed E-state index contributed by atoms with van der Waals surface area (Å²) in [6.45, 7) is 3.80. The van der Waals surface area contributed by atoms with Gasteiger partial charge in [0, 0.05) is 19.4 Å². The number of allylic oxidation sites excluding steroid dienone is 4. The Morgan fingerprint density at radius 3 is 1.03 bits per heavy atom. The van der Waals surface area contributed by atoms with Crippen molar-refractivity contribution in [1.82, 2.24) is 0 Å². The monoisotopic (exact) mass is 1070 g/mol. The molecular weight excluding hydrogens is 942 g/mol. The average molecular weight is 1070 g/mol. The van der Waals surface area contributed by atoms with Crippen molar-refractivity contribution in [3.8, 4) is 0 Å². The SMILES string of the molecule is CCCCCCC/C=C\C/C=C\CCCCCCCCCCCCCC(=O)OC(COC(=O)CCCCCCCCCCCCCCCCCCCCCCCCCCCCCCCC)COP(=O)(O)OCCN. The van der Waals surface area contributed by atoms with Crippen LogP contribution in [0.15, 0.2) is 24.3 Å². The van der Waals surface area contributed by atoms with Crippen LogP contribution in [0.4, 0.5) is 0 Å². The molecule has 2 unspecified atom stereocenters. The summed E-state index contributed by atoms with van der Waals surface area (Å²) in [5.41, 5.74) is 5.39. The molecule has 0 bridgehead atoms. The fraction of sp³-hybridized carbons (Fsp3) is 0.906. The number of rotatable bonds is 62. The lowest BCUT2D eigenvalue weighted by atomic mass is 10.0. The Hall–Kier alpha value is -1.51. The van der Waals surface area contributed by atoms with Gasteiger partial charge in [0.2, 0.25) is 0 Å². The van der Waals surface area contributed by atoms with E-state index in [9.17, 15) is 19.0 Å². The molecule has 0 saturated carbocycles. The smallest absolute Gasteiger partial charge is 0.462 e. The Bertz CT molecular complexity index is 1260. The molecule has 3 N–H and O–H groups in total. The largest absolute Gasteiger partial charge is 0.472 e. The number of phosphoric acid groups is 1. The quantitative estimate of drug-likeness (QED) is 0.0264. The number of hydrogen-bond donors (Lipinski definition) is 2. The maximum atomic E-state index is 12.7. The van der Waals surface area contributed by atoms with Crippen molar-refractivity contribution in [3.05, 3.63) is 24.3 Å². The lowest BCUT2D eigenvalue weighted by molar-refractivity contribution is -0.161. The first-order valence-electron chi connectivity index (χ1n) is 32.3. The van der Waals surface area contributed by atoms with E-state index >= 15 is 0 Å². The van der Waals surface area contributed by atoms with Crippen LogP contribution in [-0.2, 0) is 32.7 Å². The van der Waals surface area contributed by atoms with Gasteiger partial charge in [-0.3, -0.25) is 18.6 Å². The van der Waals surface area contributed by atoms with Gasteiger partial charge in [-0.2, -0.15) is 0 Å². The van der Waals surface area contributed by atoms with E-state index in [2.05, 4.69) is 38.2 Å². The predicted molar refractivity (Wildman–Crippen MR) is 317 cm³/mol. The minimum absolute atomic E-state index is 0.0555. The van der Waals surface area contributed by atoms with Crippen LogP contribution in [0.25, 0.3) is 0 Å². The lowest BCUT2D eigenvalue weighted by Crippen LogP contribution is -2.29. The number of phosphoric ester groups is 1. The topological polar surface area (TPSA) is 134 Å². The first kappa shape index (κ1) is 72.5. The first-order chi connectivity index (χ1) is 36.3. The van der Waals surface area contributed by atoms with Crippen molar-refractivity contribution < 1.29 is 37.6 Å².